The quantitative estimate of drug-likeness (QED) is 0.0246. The number of carbonyl (C=O) groups excluding carboxylic acids is 2. The van der Waals surface area contributed by atoms with E-state index in [1.54, 1.807) is 0 Å². The van der Waals surface area contributed by atoms with Crippen LogP contribution in [0.5, 0.6) is 0 Å². The van der Waals surface area contributed by atoms with Crippen molar-refractivity contribution in [3.8, 4) is 0 Å². The van der Waals surface area contributed by atoms with Gasteiger partial charge in [0.05, 0.1) is 26.4 Å². The van der Waals surface area contributed by atoms with E-state index in [-0.39, 0.29) is 12.8 Å². The molecule has 0 saturated heterocycles. The SMILES string of the molecule is CC/C=C\C/C=C\C/C=C\CCCCCC(=O)OC(CO)COP(=O)(O)OCC(CO)OC(=O)CCCCCCCCCCCCCCCC. The number of unbranched alkanes of at least 4 members (excludes halogenated alkanes) is 16. The number of carbonyl (C=O) groups is 2. The Bertz CT molecular complexity index is 936. The summed E-state index contributed by atoms with van der Waals surface area (Å²) in [6, 6.07) is 0. The zero-order chi connectivity index (χ0) is 37.0. The topological polar surface area (TPSA) is 149 Å². The van der Waals surface area contributed by atoms with Crippen LogP contribution in [0.2, 0.25) is 0 Å². The van der Waals surface area contributed by atoms with E-state index in [9.17, 15) is 29.3 Å². The molecule has 292 valence electrons. The van der Waals surface area contributed by atoms with Gasteiger partial charge < -0.3 is 24.6 Å². The van der Waals surface area contributed by atoms with Gasteiger partial charge >= 0.3 is 19.8 Å². The van der Waals surface area contributed by atoms with Crippen molar-refractivity contribution in [1.82, 2.24) is 0 Å². The number of esters is 2. The summed E-state index contributed by atoms with van der Waals surface area (Å²) in [5, 5.41) is 19.1. The summed E-state index contributed by atoms with van der Waals surface area (Å²) >= 11 is 0. The van der Waals surface area contributed by atoms with Gasteiger partial charge in [-0.15, -0.1) is 0 Å². The zero-order valence-electron chi connectivity index (χ0n) is 31.4. The third-order valence-electron chi connectivity index (χ3n) is 8.12. The molecular weight excluding hydrogens is 659 g/mol. The van der Waals surface area contributed by atoms with Gasteiger partial charge in [-0.2, -0.15) is 0 Å². The molecule has 0 aromatic rings. The van der Waals surface area contributed by atoms with Gasteiger partial charge in [0.25, 0.3) is 0 Å². The summed E-state index contributed by atoms with van der Waals surface area (Å²) in [7, 11) is -4.64. The Labute approximate surface area is 303 Å². The Morgan fingerprint density at radius 2 is 0.940 bits per heavy atom. The van der Waals surface area contributed by atoms with Crippen molar-refractivity contribution in [2.24, 2.45) is 0 Å². The van der Waals surface area contributed by atoms with Gasteiger partial charge in [-0.05, 0) is 44.9 Å². The average Bonchev–Trinajstić information content (AvgIpc) is 3.10. The first-order valence-corrected chi connectivity index (χ1v) is 20.9. The van der Waals surface area contributed by atoms with Crippen molar-refractivity contribution in [1.29, 1.82) is 0 Å². The number of aliphatic hydroxyl groups is 2. The fourth-order valence-electron chi connectivity index (χ4n) is 5.13. The lowest BCUT2D eigenvalue weighted by Gasteiger charge is -2.20. The molecule has 0 aliphatic carbocycles. The molecule has 0 rings (SSSR count). The predicted molar refractivity (Wildman–Crippen MR) is 201 cm³/mol. The summed E-state index contributed by atoms with van der Waals surface area (Å²) in [5.41, 5.74) is 0. The lowest BCUT2D eigenvalue weighted by atomic mass is 10.0. The van der Waals surface area contributed by atoms with Crippen LogP contribution < -0.4 is 0 Å². The van der Waals surface area contributed by atoms with Crippen LogP contribution in [0.3, 0.4) is 0 Å². The van der Waals surface area contributed by atoms with Gasteiger partial charge in [0, 0.05) is 12.8 Å². The molecule has 0 radical (unpaired) electrons. The molecule has 0 heterocycles. The zero-order valence-corrected chi connectivity index (χ0v) is 32.3. The summed E-state index contributed by atoms with van der Waals surface area (Å²) in [6.45, 7) is 2.05. The average molecular weight is 731 g/mol. The first-order chi connectivity index (χ1) is 24.3. The van der Waals surface area contributed by atoms with Crippen molar-refractivity contribution in [3.63, 3.8) is 0 Å². The molecule has 3 unspecified atom stereocenters. The third-order valence-corrected chi connectivity index (χ3v) is 9.07. The number of phosphoric acid groups is 1. The molecule has 0 bridgehead atoms. The van der Waals surface area contributed by atoms with E-state index in [0.29, 0.717) is 12.8 Å². The molecule has 0 aliphatic heterocycles. The first kappa shape index (κ1) is 48.2. The number of phosphoric ester groups is 1. The molecule has 11 heteroatoms. The lowest BCUT2D eigenvalue weighted by molar-refractivity contribution is -0.153. The highest BCUT2D eigenvalue weighted by molar-refractivity contribution is 7.47. The molecule has 0 spiro atoms. The number of ether oxygens (including phenoxy) is 2. The summed E-state index contributed by atoms with van der Waals surface area (Å²) < 4.78 is 32.4. The fourth-order valence-corrected chi connectivity index (χ4v) is 5.91. The van der Waals surface area contributed by atoms with Crippen molar-refractivity contribution in [2.45, 2.75) is 174 Å². The Hall–Kier alpha value is -1.81. The van der Waals surface area contributed by atoms with Gasteiger partial charge in [-0.25, -0.2) is 4.57 Å². The molecule has 0 fully saturated rings. The number of hydrogen-bond donors (Lipinski definition) is 3. The molecule has 10 nitrogen and oxygen atoms in total. The van der Waals surface area contributed by atoms with Crippen LogP contribution in [-0.2, 0) is 32.7 Å². The van der Waals surface area contributed by atoms with E-state index in [1.807, 2.05) is 0 Å². The van der Waals surface area contributed by atoms with Gasteiger partial charge in [0.15, 0.2) is 0 Å². The molecule has 0 saturated carbocycles. The van der Waals surface area contributed by atoms with Crippen molar-refractivity contribution in [2.75, 3.05) is 26.4 Å². The third kappa shape index (κ3) is 33.3. The molecule has 3 atom stereocenters. The van der Waals surface area contributed by atoms with Crippen LogP contribution in [0, 0.1) is 0 Å². The van der Waals surface area contributed by atoms with Crippen LogP contribution in [0.15, 0.2) is 36.5 Å². The predicted octanol–water partition coefficient (Wildman–Crippen LogP) is 9.61. The normalized spacial score (nSPS) is 14.4. The molecular formula is C39H71O10P. The molecule has 0 aromatic carbocycles. The number of allylic oxidation sites excluding steroid dienone is 6. The van der Waals surface area contributed by atoms with Gasteiger partial charge in [0.2, 0.25) is 0 Å². The van der Waals surface area contributed by atoms with Crippen LogP contribution >= 0.6 is 7.82 Å². The van der Waals surface area contributed by atoms with Crippen molar-refractivity contribution >= 4 is 19.8 Å². The fraction of sp³-hybridized carbons (Fsp3) is 0.795. The van der Waals surface area contributed by atoms with Gasteiger partial charge in [-0.1, -0.05) is 140 Å². The summed E-state index contributed by atoms with van der Waals surface area (Å²) in [4.78, 5) is 34.4. The number of hydrogen-bond acceptors (Lipinski definition) is 9. The van der Waals surface area contributed by atoms with E-state index in [0.717, 1.165) is 57.8 Å². The molecule has 50 heavy (non-hydrogen) atoms. The minimum atomic E-state index is -4.64. The summed E-state index contributed by atoms with van der Waals surface area (Å²) in [5.74, 6) is -1.05. The Kier molecular flexibility index (Phi) is 34.3. The monoisotopic (exact) mass is 730 g/mol. The maximum Gasteiger partial charge on any atom is 0.472 e. The highest BCUT2D eigenvalue weighted by atomic mass is 31.2. The molecule has 3 N–H and O–H groups in total. The maximum atomic E-state index is 12.3. The van der Waals surface area contributed by atoms with E-state index in [2.05, 4.69) is 50.3 Å². The van der Waals surface area contributed by atoms with Crippen molar-refractivity contribution < 1.29 is 47.8 Å². The van der Waals surface area contributed by atoms with Crippen LogP contribution in [-0.4, -0.2) is 65.7 Å². The van der Waals surface area contributed by atoms with E-state index >= 15 is 0 Å². The molecule has 0 amide bonds. The maximum absolute atomic E-state index is 12.3. The van der Waals surface area contributed by atoms with Gasteiger partial charge in [0.1, 0.15) is 12.2 Å². The second-order valence-corrected chi connectivity index (χ2v) is 14.3. The minimum absolute atomic E-state index is 0.157. The standard InChI is InChI=1S/C39H71O10P/c1-3-5-7-9-11-13-15-17-19-21-23-25-27-29-31-39(43)49-37(33-41)35-47-50(44,45)46-34-36(32-40)48-38(42)30-28-26-24-22-20-18-16-14-12-10-8-6-4-2/h6,8,12,14,18,20,36-37,40-41H,3-5,7,9-11,13,15-17,19,21-35H2,1-2H3,(H,44,45)/b8-6-,14-12-,20-18-. The van der Waals surface area contributed by atoms with Crippen molar-refractivity contribution in [3.05, 3.63) is 36.5 Å². The van der Waals surface area contributed by atoms with E-state index in [4.69, 9.17) is 18.5 Å². The highest BCUT2D eigenvalue weighted by Crippen LogP contribution is 2.43. The number of rotatable bonds is 36. The van der Waals surface area contributed by atoms with Gasteiger partial charge in [-0.3, -0.25) is 18.6 Å². The van der Waals surface area contributed by atoms with Crippen LogP contribution in [0.4, 0.5) is 0 Å². The highest BCUT2D eigenvalue weighted by Gasteiger charge is 2.27. The largest absolute Gasteiger partial charge is 0.472 e. The smallest absolute Gasteiger partial charge is 0.457 e. The lowest BCUT2D eigenvalue weighted by Crippen LogP contribution is -2.28. The van der Waals surface area contributed by atoms with E-state index < -0.39 is 58.4 Å². The Morgan fingerprint density at radius 3 is 1.36 bits per heavy atom. The molecule has 0 aliphatic rings. The summed E-state index contributed by atoms with van der Waals surface area (Å²) in [6.07, 6.45) is 34.1. The second-order valence-electron chi connectivity index (χ2n) is 12.9. The second kappa shape index (κ2) is 35.6. The van der Waals surface area contributed by atoms with E-state index in [1.165, 1.54) is 64.2 Å². The van der Waals surface area contributed by atoms with Crippen LogP contribution in [0.1, 0.15) is 162 Å². The molecule has 0 aromatic heterocycles. The Balaban J connectivity index is 4.00. The first-order valence-electron chi connectivity index (χ1n) is 19.4. The Morgan fingerprint density at radius 1 is 0.560 bits per heavy atom. The number of aliphatic hydroxyl groups excluding tert-OH is 2. The van der Waals surface area contributed by atoms with Crippen LogP contribution in [0.25, 0.3) is 0 Å². The minimum Gasteiger partial charge on any atom is -0.457 e.